The molecule has 6 rings (SSSR count). The quantitative estimate of drug-likeness (QED) is 0.222. The number of nitrogens with zero attached hydrogens (tertiary/aromatic N) is 1. The first-order chi connectivity index (χ1) is 18.7. The number of alkyl halides is 3. The Morgan fingerprint density at radius 1 is 0.641 bits per heavy atom. The van der Waals surface area contributed by atoms with Gasteiger partial charge in [0.05, 0.1) is 5.69 Å². The molecule has 0 aromatic heterocycles. The van der Waals surface area contributed by atoms with Crippen molar-refractivity contribution in [2.45, 2.75) is 39.8 Å². The lowest BCUT2D eigenvalue weighted by molar-refractivity contribution is -0.0939. The first kappa shape index (κ1) is 25.3. The van der Waals surface area contributed by atoms with E-state index < -0.39 is 11.7 Å². The third kappa shape index (κ3) is 4.60. The summed E-state index contributed by atoms with van der Waals surface area (Å²) < 4.78 is 40.0. The Bertz CT molecular complexity index is 1650. The van der Waals surface area contributed by atoms with Crippen LogP contribution in [-0.4, -0.2) is 12.9 Å². The van der Waals surface area contributed by atoms with E-state index in [4.69, 9.17) is 0 Å². The van der Waals surface area contributed by atoms with Gasteiger partial charge in [-0.15, -0.1) is 0 Å². The predicted molar refractivity (Wildman–Crippen MR) is 158 cm³/mol. The van der Waals surface area contributed by atoms with Gasteiger partial charge in [0.15, 0.2) is 0 Å². The van der Waals surface area contributed by atoms with E-state index in [0.29, 0.717) is 6.42 Å². The maximum Gasteiger partial charge on any atom is 0.412 e. The third-order valence-electron chi connectivity index (χ3n) is 7.85. The Hall–Kier alpha value is -3.99. The maximum absolute atomic E-state index is 13.3. The number of hydrogen-bond acceptors (Lipinski definition) is 1. The minimum absolute atomic E-state index is 0.00935. The Balaban J connectivity index is 1.58. The van der Waals surface area contributed by atoms with Gasteiger partial charge in [-0.2, -0.15) is 13.2 Å². The minimum atomic E-state index is -4.29. The van der Waals surface area contributed by atoms with Crippen molar-refractivity contribution >= 4 is 45.7 Å². The van der Waals surface area contributed by atoms with Crippen molar-refractivity contribution in [3.8, 4) is 0 Å². The van der Waals surface area contributed by atoms with E-state index in [9.17, 15) is 13.2 Å². The van der Waals surface area contributed by atoms with Crippen LogP contribution in [0.4, 0.5) is 30.2 Å². The first-order valence-corrected chi connectivity index (χ1v) is 13.3. The number of rotatable bonds is 3. The number of allylic oxidation sites excluding steroid dienone is 4. The van der Waals surface area contributed by atoms with Crippen molar-refractivity contribution in [3.63, 3.8) is 0 Å². The second kappa shape index (κ2) is 9.64. The molecule has 0 spiro atoms. The predicted octanol–water partition coefficient (Wildman–Crippen LogP) is 7.58. The SMILES string of the molecule is Cc1cccc(B2c3cc(C)ccc3N(c3ccccc3C3=CC=C(C(F)(F)F)CC3)c3cc(C)ccc32)c1. The van der Waals surface area contributed by atoms with E-state index in [0.717, 1.165) is 33.8 Å². The average molecular weight is 519 g/mol. The smallest absolute Gasteiger partial charge is 0.311 e. The minimum Gasteiger partial charge on any atom is -0.311 e. The molecular weight excluding hydrogens is 490 g/mol. The molecule has 0 bridgehead atoms. The van der Waals surface area contributed by atoms with Crippen LogP contribution in [0.25, 0.3) is 5.57 Å². The van der Waals surface area contributed by atoms with Crippen LogP contribution in [0.2, 0.25) is 0 Å². The molecule has 39 heavy (non-hydrogen) atoms. The Morgan fingerprint density at radius 2 is 1.38 bits per heavy atom. The standard InChI is InChI=1S/C34H29BF3N/c1-22-7-6-8-27(19-22)35-29-17-11-24(3)21-33(29)39(32-18-12-23(2)20-30(32)35)31-10-5-4-9-28(31)25-13-15-26(16-14-25)34(36,37)38/h4-13,15,17-21H,14,16H2,1-3H3. The normalized spacial score (nSPS) is 14.9. The number of anilines is 3. The van der Waals surface area contributed by atoms with Gasteiger partial charge in [0, 0.05) is 22.5 Å². The maximum atomic E-state index is 13.3. The van der Waals surface area contributed by atoms with Crippen LogP contribution >= 0.6 is 0 Å². The van der Waals surface area contributed by atoms with Gasteiger partial charge in [-0.3, -0.25) is 0 Å². The van der Waals surface area contributed by atoms with Crippen molar-refractivity contribution in [2.24, 2.45) is 0 Å². The molecule has 0 fully saturated rings. The van der Waals surface area contributed by atoms with Gasteiger partial charge in [0.1, 0.15) is 0 Å². The molecule has 1 nitrogen and oxygen atoms in total. The number of benzene rings is 4. The number of aryl methyl sites for hydroxylation is 3. The van der Waals surface area contributed by atoms with Gasteiger partial charge in [0.25, 0.3) is 0 Å². The summed E-state index contributed by atoms with van der Waals surface area (Å²) in [5.74, 6) is 0. The summed E-state index contributed by atoms with van der Waals surface area (Å²) in [7, 11) is 0. The van der Waals surface area contributed by atoms with Crippen molar-refractivity contribution < 1.29 is 13.2 Å². The summed E-state index contributed by atoms with van der Waals surface area (Å²) in [5, 5.41) is 0. The van der Waals surface area contributed by atoms with Gasteiger partial charge in [-0.05, 0) is 73.9 Å². The van der Waals surface area contributed by atoms with Gasteiger partial charge in [-0.1, -0.05) is 95.5 Å². The summed E-state index contributed by atoms with van der Waals surface area (Å²) in [5.41, 5.74) is 11.9. The highest BCUT2D eigenvalue weighted by atomic mass is 19.4. The molecule has 2 aliphatic rings. The van der Waals surface area contributed by atoms with Crippen LogP contribution in [0.5, 0.6) is 0 Å². The first-order valence-electron chi connectivity index (χ1n) is 13.3. The summed E-state index contributed by atoms with van der Waals surface area (Å²) in [4.78, 5) is 2.31. The van der Waals surface area contributed by atoms with Gasteiger partial charge in [-0.25, -0.2) is 0 Å². The molecule has 4 aromatic carbocycles. The molecular formula is C34H29BF3N. The topological polar surface area (TPSA) is 3.24 Å². The molecule has 1 aliphatic carbocycles. The van der Waals surface area contributed by atoms with Crippen molar-refractivity contribution in [1.82, 2.24) is 0 Å². The molecule has 0 unspecified atom stereocenters. The Morgan fingerprint density at radius 3 is 2.13 bits per heavy atom. The van der Waals surface area contributed by atoms with Crippen LogP contribution < -0.4 is 21.3 Å². The highest BCUT2D eigenvalue weighted by Gasteiger charge is 2.37. The van der Waals surface area contributed by atoms with Crippen LogP contribution in [0, 0.1) is 20.8 Å². The summed E-state index contributed by atoms with van der Waals surface area (Å²) in [6.07, 6.45) is -1.05. The van der Waals surface area contributed by atoms with E-state index in [1.165, 1.54) is 33.6 Å². The number of hydrogen-bond donors (Lipinski definition) is 0. The van der Waals surface area contributed by atoms with E-state index in [1.54, 1.807) is 6.08 Å². The molecule has 1 heterocycles. The number of halogens is 3. The van der Waals surface area contributed by atoms with E-state index in [1.807, 2.05) is 18.2 Å². The van der Waals surface area contributed by atoms with Crippen LogP contribution in [0.15, 0.2) is 103 Å². The second-order valence-corrected chi connectivity index (χ2v) is 10.7. The molecule has 4 aromatic rings. The van der Waals surface area contributed by atoms with Crippen LogP contribution in [0.1, 0.15) is 35.1 Å². The highest BCUT2D eigenvalue weighted by molar-refractivity contribution is 6.98. The fraction of sp³-hybridized carbons (Fsp3) is 0.176. The lowest BCUT2D eigenvalue weighted by atomic mass is 9.35. The number of para-hydroxylation sites is 1. The largest absolute Gasteiger partial charge is 0.412 e. The van der Waals surface area contributed by atoms with Gasteiger partial charge < -0.3 is 4.90 Å². The molecule has 0 amide bonds. The molecule has 5 heteroatoms. The van der Waals surface area contributed by atoms with E-state index in [-0.39, 0.29) is 13.1 Å². The van der Waals surface area contributed by atoms with E-state index in [2.05, 4.69) is 92.4 Å². The molecule has 0 radical (unpaired) electrons. The summed E-state index contributed by atoms with van der Waals surface area (Å²) >= 11 is 0. The molecule has 0 saturated carbocycles. The molecule has 194 valence electrons. The molecule has 0 N–H and O–H groups in total. The Kier molecular flexibility index (Phi) is 6.25. The lowest BCUT2D eigenvalue weighted by Crippen LogP contribution is -2.57. The van der Waals surface area contributed by atoms with Crippen LogP contribution in [-0.2, 0) is 0 Å². The molecule has 0 saturated heterocycles. The lowest BCUT2D eigenvalue weighted by Gasteiger charge is -2.38. The molecule has 1 aliphatic heterocycles. The van der Waals surface area contributed by atoms with Crippen molar-refractivity contribution in [2.75, 3.05) is 4.90 Å². The monoisotopic (exact) mass is 519 g/mol. The van der Waals surface area contributed by atoms with Crippen molar-refractivity contribution in [3.05, 3.63) is 125 Å². The zero-order chi connectivity index (χ0) is 27.3. The Labute approximate surface area is 228 Å². The van der Waals surface area contributed by atoms with Crippen LogP contribution in [0.3, 0.4) is 0 Å². The molecule has 0 atom stereocenters. The third-order valence-corrected chi connectivity index (χ3v) is 7.85. The van der Waals surface area contributed by atoms with Gasteiger partial charge >= 0.3 is 6.18 Å². The zero-order valence-corrected chi connectivity index (χ0v) is 22.3. The zero-order valence-electron chi connectivity index (χ0n) is 22.3. The van der Waals surface area contributed by atoms with Crippen molar-refractivity contribution in [1.29, 1.82) is 0 Å². The summed E-state index contributed by atoms with van der Waals surface area (Å²) in [6, 6.07) is 30.0. The van der Waals surface area contributed by atoms with Gasteiger partial charge in [0.2, 0.25) is 6.71 Å². The highest BCUT2D eigenvalue weighted by Crippen LogP contribution is 2.43. The summed E-state index contributed by atoms with van der Waals surface area (Å²) in [6.45, 7) is 6.42. The fourth-order valence-electron chi connectivity index (χ4n) is 6.00. The number of fused-ring (bicyclic) bond motifs is 2. The second-order valence-electron chi connectivity index (χ2n) is 10.7. The van der Waals surface area contributed by atoms with E-state index >= 15 is 0 Å². The average Bonchev–Trinajstić information content (AvgIpc) is 2.91. The fourth-order valence-corrected chi connectivity index (χ4v) is 6.00.